The summed E-state index contributed by atoms with van der Waals surface area (Å²) in [4.78, 5) is 11.8. The molecule has 0 spiro atoms. The van der Waals surface area contributed by atoms with Crippen molar-refractivity contribution in [1.29, 1.82) is 0 Å². The molecule has 0 heterocycles. The van der Waals surface area contributed by atoms with Crippen LogP contribution in [-0.4, -0.2) is 19.6 Å². The third kappa shape index (κ3) is 4.63. The van der Waals surface area contributed by atoms with Crippen LogP contribution in [0.5, 0.6) is 11.5 Å². The van der Waals surface area contributed by atoms with Crippen molar-refractivity contribution in [2.45, 2.75) is 6.54 Å². The molecular formula is C16H15ClFNO3. The summed E-state index contributed by atoms with van der Waals surface area (Å²) in [5.74, 6) is 0.414. The minimum Gasteiger partial charge on any atom is -0.496 e. The lowest BCUT2D eigenvalue weighted by molar-refractivity contribution is -0.123. The number of methoxy groups -OCH3 is 1. The van der Waals surface area contributed by atoms with Crippen molar-refractivity contribution in [2.24, 2.45) is 0 Å². The molecule has 0 atom stereocenters. The zero-order valence-electron chi connectivity index (χ0n) is 11.9. The van der Waals surface area contributed by atoms with Gasteiger partial charge in [-0.1, -0.05) is 11.6 Å². The average molecular weight is 324 g/mol. The summed E-state index contributed by atoms with van der Waals surface area (Å²) >= 11 is 5.92. The van der Waals surface area contributed by atoms with Crippen LogP contribution < -0.4 is 14.8 Å². The number of carbonyl (C=O) groups is 1. The molecule has 2 aromatic carbocycles. The standard InChI is InChI=1S/C16H15ClFNO3/c1-21-15-7-2-12(17)8-11(15)9-19-16(20)10-22-14-5-3-13(18)4-6-14/h2-8H,9-10H2,1H3,(H,19,20). The Labute approximate surface area is 132 Å². The van der Waals surface area contributed by atoms with E-state index in [1.54, 1.807) is 25.3 Å². The van der Waals surface area contributed by atoms with Crippen LogP contribution in [0.25, 0.3) is 0 Å². The van der Waals surface area contributed by atoms with E-state index >= 15 is 0 Å². The molecule has 0 saturated carbocycles. The third-order valence-electron chi connectivity index (χ3n) is 2.90. The minimum absolute atomic E-state index is 0.158. The summed E-state index contributed by atoms with van der Waals surface area (Å²) in [7, 11) is 1.55. The van der Waals surface area contributed by atoms with Crippen LogP contribution in [0.1, 0.15) is 5.56 Å². The molecule has 1 N–H and O–H groups in total. The number of hydrogen-bond donors (Lipinski definition) is 1. The van der Waals surface area contributed by atoms with Gasteiger partial charge < -0.3 is 14.8 Å². The lowest BCUT2D eigenvalue weighted by Gasteiger charge is -2.11. The Kier molecular flexibility index (Phi) is 5.61. The van der Waals surface area contributed by atoms with Crippen molar-refractivity contribution in [2.75, 3.05) is 13.7 Å². The quantitative estimate of drug-likeness (QED) is 0.888. The molecule has 0 aliphatic heterocycles. The van der Waals surface area contributed by atoms with E-state index < -0.39 is 0 Å². The molecule has 0 radical (unpaired) electrons. The zero-order valence-corrected chi connectivity index (χ0v) is 12.7. The predicted molar refractivity (Wildman–Crippen MR) is 81.7 cm³/mol. The first-order valence-corrected chi connectivity index (χ1v) is 6.94. The Hall–Kier alpha value is -2.27. The van der Waals surface area contributed by atoms with Crippen LogP contribution in [0.2, 0.25) is 5.02 Å². The van der Waals surface area contributed by atoms with E-state index in [1.807, 2.05) is 0 Å². The van der Waals surface area contributed by atoms with Crippen LogP contribution in [0, 0.1) is 5.82 Å². The molecule has 0 bridgehead atoms. The topological polar surface area (TPSA) is 47.6 Å². The van der Waals surface area contributed by atoms with Gasteiger partial charge >= 0.3 is 0 Å². The molecule has 0 aliphatic rings. The van der Waals surface area contributed by atoms with Gasteiger partial charge in [0.2, 0.25) is 0 Å². The normalized spacial score (nSPS) is 10.1. The fourth-order valence-electron chi connectivity index (χ4n) is 1.81. The zero-order chi connectivity index (χ0) is 15.9. The second-order valence-electron chi connectivity index (χ2n) is 4.48. The Morgan fingerprint density at radius 1 is 1.23 bits per heavy atom. The van der Waals surface area contributed by atoms with Gasteiger partial charge in [-0.3, -0.25) is 4.79 Å². The molecule has 22 heavy (non-hydrogen) atoms. The van der Waals surface area contributed by atoms with Crippen LogP contribution in [-0.2, 0) is 11.3 Å². The summed E-state index contributed by atoms with van der Waals surface area (Å²) in [6.45, 7) is 0.115. The molecule has 0 unspecified atom stereocenters. The first kappa shape index (κ1) is 16.1. The average Bonchev–Trinajstić information content (AvgIpc) is 2.52. The third-order valence-corrected chi connectivity index (χ3v) is 3.14. The molecule has 2 rings (SSSR count). The molecule has 0 aromatic heterocycles. The fraction of sp³-hybridized carbons (Fsp3) is 0.188. The lowest BCUT2D eigenvalue weighted by atomic mass is 10.2. The summed E-state index contributed by atoms with van der Waals surface area (Å²) in [6.07, 6.45) is 0. The second kappa shape index (κ2) is 7.66. The number of hydrogen-bond acceptors (Lipinski definition) is 3. The highest BCUT2D eigenvalue weighted by Gasteiger charge is 2.07. The van der Waals surface area contributed by atoms with E-state index in [4.69, 9.17) is 21.1 Å². The molecule has 2 aromatic rings. The molecule has 1 amide bonds. The van der Waals surface area contributed by atoms with E-state index in [9.17, 15) is 9.18 Å². The number of benzene rings is 2. The van der Waals surface area contributed by atoms with E-state index in [-0.39, 0.29) is 24.9 Å². The number of rotatable bonds is 6. The van der Waals surface area contributed by atoms with Crippen molar-refractivity contribution in [3.63, 3.8) is 0 Å². The molecule has 0 saturated heterocycles. The molecule has 6 heteroatoms. The number of nitrogens with one attached hydrogen (secondary N) is 1. The van der Waals surface area contributed by atoms with Crippen LogP contribution in [0.4, 0.5) is 4.39 Å². The maximum Gasteiger partial charge on any atom is 0.258 e. The predicted octanol–water partition coefficient (Wildman–Crippen LogP) is 3.18. The Morgan fingerprint density at radius 3 is 2.64 bits per heavy atom. The van der Waals surface area contributed by atoms with E-state index in [1.165, 1.54) is 24.3 Å². The number of halogens is 2. The highest BCUT2D eigenvalue weighted by atomic mass is 35.5. The van der Waals surface area contributed by atoms with Gasteiger partial charge in [0.15, 0.2) is 6.61 Å². The van der Waals surface area contributed by atoms with Gasteiger partial charge in [0.1, 0.15) is 17.3 Å². The van der Waals surface area contributed by atoms with Crippen LogP contribution in [0.15, 0.2) is 42.5 Å². The SMILES string of the molecule is COc1ccc(Cl)cc1CNC(=O)COc1ccc(F)cc1. The van der Waals surface area contributed by atoms with E-state index in [0.717, 1.165) is 5.56 Å². The van der Waals surface area contributed by atoms with Gasteiger partial charge in [0.05, 0.1) is 7.11 Å². The number of amides is 1. The molecule has 4 nitrogen and oxygen atoms in total. The Bertz CT molecular complexity index is 646. The molecular weight excluding hydrogens is 309 g/mol. The number of carbonyl (C=O) groups excluding carboxylic acids is 1. The Balaban J connectivity index is 1.85. The lowest BCUT2D eigenvalue weighted by Crippen LogP contribution is -2.28. The fourth-order valence-corrected chi connectivity index (χ4v) is 2.00. The smallest absolute Gasteiger partial charge is 0.258 e. The van der Waals surface area contributed by atoms with Gasteiger partial charge in [-0.05, 0) is 42.5 Å². The highest BCUT2D eigenvalue weighted by molar-refractivity contribution is 6.30. The van der Waals surface area contributed by atoms with E-state index in [2.05, 4.69) is 5.32 Å². The summed E-state index contributed by atoms with van der Waals surface area (Å²) in [6, 6.07) is 10.6. The van der Waals surface area contributed by atoms with Crippen molar-refractivity contribution in [3.8, 4) is 11.5 Å². The van der Waals surface area contributed by atoms with Gasteiger partial charge in [0, 0.05) is 17.1 Å². The van der Waals surface area contributed by atoms with Gasteiger partial charge in [0.25, 0.3) is 5.91 Å². The largest absolute Gasteiger partial charge is 0.496 e. The summed E-state index contributed by atoms with van der Waals surface area (Å²) < 4.78 is 23.2. The monoisotopic (exact) mass is 323 g/mol. The maximum atomic E-state index is 12.7. The first-order chi connectivity index (χ1) is 10.6. The molecule has 116 valence electrons. The van der Waals surface area contributed by atoms with Gasteiger partial charge in [-0.25, -0.2) is 4.39 Å². The maximum absolute atomic E-state index is 12.7. The van der Waals surface area contributed by atoms with Crippen LogP contribution >= 0.6 is 11.6 Å². The number of ether oxygens (including phenoxy) is 2. The van der Waals surface area contributed by atoms with Gasteiger partial charge in [-0.2, -0.15) is 0 Å². The van der Waals surface area contributed by atoms with Crippen molar-refractivity contribution < 1.29 is 18.7 Å². The van der Waals surface area contributed by atoms with E-state index in [0.29, 0.717) is 16.5 Å². The Morgan fingerprint density at radius 2 is 1.95 bits per heavy atom. The summed E-state index contributed by atoms with van der Waals surface area (Å²) in [5, 5.41) is 3.27. The first-order valence-electron chi connectivity index (χ1n) is 6.56. The highest BCUT2D eigenvalue weighted by Crippen LogP contribution is 2.22. The summed E-state index contributed by atoms with van der Waals surface area (Å²) in [5.41, 5.74) is 0.769. The molecule has 0 fully saturated rings. The second-order valence-corrected chi connectivity index (χ2v) is 4.91. The minimum atomic E-state index is -0.357. The molecule has 0 aliphatic carbocycles. The van der Waals surface area contributed by atoms with Gasteiger partial charge in [-0.15, -0.1) is 0 Å². The van der Waals surface area contributed by atoms with Crippen molar-refractivity contribution in [1.82, 2.24) is 5.32 Å². The van der Waals surface area contributed by atoms with Crippen molar-refractivity contribution in [3.05, 3.63) is 58.9 Å². The van der Waals surface area contributed by atoms with Crippen molar-refractivity contribution >= 4 is 17.5 Å². The van der Waals surface area contributed by atoms with Crippen LogP contribution in [0.3, 0.4) is 0 Å².